The zero-order valence-electron chi connectivity index (χ0n) is 21.9. The average Bonchev–Trinajstić information content (AvgIpc) is 3.31. The Balaban J connectivity index is 1.68. The molecule has 0 atom stereocenters. The molecule has 0 bridgehead atoms. The van der Waals surface area contributed by atoms with Crippen molar-refractivity contribution in [1.29, 1.82) is 0 Å². The number of hydrogen-bond donors (Lipinski definition) is 1. The predicted octanol–water partition coefficient (Wildman–Crippen LogP) is 2.58. The molecule has 1 saturated heterocycles. The van der Waals surface area contributed by atoms with Crippen LogP contribution in [0.4, 0.5) is 0 Å². The van der Waals surface area contributed by atoms with Crippen LogP contribution in [-0.2, 0) is 15.8 Å². The Morgan fingerprint density at radius 1 is 1.00 bits per heavy atom. The van der Waals surface area contributed by atoms with Gasteiger partial charge in [0.2, 0.25) is 15.9 Å². The van der Waals surface area contributed by atoms with E-state index in [-0.39, 0.29) is 24.5 Å². The van der Waals surface area contributed by atoms with Gasteiger partial charge in [0.25, 0.3) is 0 Å². The van der Waals surface area contributed by atoms with Gasteiger partial charge >= 0.3 is 0 Å². The van der Waals surface area contributed by atoms with E-state index in [0.717, 1.165) is 0 Å². The van der Waals surface area contributed by atoms with Crippen LogP contribution in [0.1, 0.15) is 25.5 Å². The van der Waals surface area contributed by atoms with Crippen LogP contribution in [0.15, 0.2) is 42.6 Å². The number of aliphatic hydroxyl groups is 1. The zero-order valence-corrected chi connectivity index (χ0v) is 22.8. The third-order valence-electron chi connectivity index (χ3n) is 6.44. The molecule has 0 amide bonds. The molecule has 5 rings (SSSR count). The van der Waals surface area contributed by atoms with Crippen LogP contribution in [-0.4, -0.2) is 82.4 Å². The van der Waals surface area contributed by atoms with E-state index in [4.69, 9.17) is 24.2 Å². The minimum Gasteiger partial charge on any atom is -0.494 e. The normalized spacial score (nSPS) is 15.0. The monoisotopic (exact) mass is 554 g/mol. The minimum atomic E-state index is -3.68. The number of para-hydroxylation sites is 1. The zero-order chi connectivity index (χ0) is 27.6. The number of hydrogen-bond acceptors (Lipinski definition) is 10. The molecule has 0 spiro atoms. The number of ether oxygens (including phenoxy) is 3. The van der Waals surface area contributed by atoms with Crippen molar-refractivity contribution in [1.82, 2.24) is 28.8 Å². The first-order chi connectivity index (χ1) is 18.8. The van der Waals surface area contributed by atoms with Crippen molar-refractivity contribution in [2.45, 2.75) is 31.6 Å². The first-order valence-electron chi connectivity index (χ1n) is 12.6. The second-order valence-corrected chi connectivity index (χ2v) is 10.9. The van der Waals surface area contributed by atoms with E-state index in [9.17, 15) is 13.5 Å². The Morgan fingerprint density at radius 3 is 2.36 bits per heavy atom. The van der Waals surface area contributed by atoms with Crippen molar-refractivity contribution in [3.63, 3.8) is 0 Å². The number of piperidine rings is 1. The molecular formula is C26H30N6O6S. The predicted molar refractivity (Wildman–Crippen MR) is 144 cm³/mol. The first kappa shape index (κ1) is 26.8. The molecule has 4 aromatic rings. The van der Waals surface area contributed by atoms with E-state index >= 15 is 0 Å². The smallest absolute Gasteiger partial charge is 0.219 e. The van der Waals surface area contributed by atoms with Crippen LogP contribution < -0.4 is 14.2 Å². The SMILES string of the molecule is CCOc1cccc(-c2nc3ncc(CS(=O)(=O)N4CCC(O)CC4)nc3n2-c2c(OC)cccc2OC)n1. The van der Waals surface area contributed by atoms with Gasteiger partial charge in [0.1, 0.15) is 28.6 Å². The summed E-state index contributed by atoms with van der Waals surface area (Å²) in [5, 5.41) is 9.78. The number of pyridine rings is 1. The third kappa shape index (κ3) is 5.37. The molecule has 1 N–H and O–H groups in total. The second kappa shape index (κ2) is 11.1. The molecule has 0 aliphatic carbocycles. The van der Waals surface area contributed by atoms with Crippen molar-refractivity contribution in [3.05, 3.63) is 48.3 Å². The van der Waals surface area contributed by atoms with Gasteiger partial charge in [0.05, 0.1) is 38.8 Å². The highest BCUT2D eigenvalue weighted by Crippen LogP contribution is 2.37. The summed E-state index contributed by atoms with van der Waals surface area (Å²) in [6.07, 6.45) is 1.75. The number of imidazole rings is 1. The fourth-order valence-corrected chi connectivity index (χ4v) is 6.02. The Bertz CT molecular complexity index is 1560. The highest BCUT2D eigenvalue weighted by Gasteiger charge is 2.29. The van der Waals surface area contributed by atoms with E-state index in [1.807, 2.05) is 13.0 Å². The summed E-state index contributed by atoms with van der Waals surface area (Å²) in [6.45, 7) is 2.85. The fourth-order valence-electron chi connectivity index (χ4n) is 4.56. The van der Waals surface area contributed by atoms with Crippen LogP contribution in [0.5, 0.6) is 17.4 Å². The van der Waals surface area contributed by atoms with E-state index < -0.39 is 16.1 Å². The van der Waals surface area contributed by atoms with Gasteiger partial charge in [-0.2, -0.15) is 0 Å². The number of aliphatic hydroxyl groups excluding tert-OH is 1. The molecule has 4 heterocycles. The van der Waals surface area contributed by atoms with Crippen molar-refractivity contribution < 1.29 is 27.7 Å². The standard InChI is InChI=1S/C26H30N6O6S/c1-4-38-22-10-5-7-19(29-22)25-30-24-26(32(25)23-20(36-2)8-6-9-21(23)37-3)28-17(15-27-24)16-39(34,35)31-13-11-18(33)12-14-31/h5-10,15,18,33H,4,11-14,16H2,1-3H3. The maximum Gasteiger partial charge on any atom is 0.219 e. The summed E-state index contributed by atoms with van der Waals surface area (Å²) in [5.41, 5.74) is 1.88. The average molecular weight is 555 g/mol. The van der Waals surface area contributed by atoms with Gasteiger partial charge in [-0.05, 0) is 38.0 Å². The molecule has 12 nitrogen and oxygen atoms in total. The van der Waals surface area contributed by atoms with Crippen molar-refractivity contribution in [2.24, 2.45) is 0 Å². The molecule has 1 aliphatic heterocycles. The number of aromatic nitrogens is 5. The molecule has 1 aromatic carbocycles. The maximum atomic E-state index is 13.2. The Labute approximate surface area is 226 Å². The van der Waals surface area contributed by atoms with Crippen molar-refractivity contribution >= 4 is 21.3 Å². The van der Waals surface area contributed by atoms with Gasteiger partial charge in [0, 0.05) is 19.2 Å². The largest absolute Gasteiger partial charge is 0.494 e. The van der Waals surface area contributed by atoms with E-state index in [0.29, 0.717) is 65.3 Å². The molecule has 13 heteroatoms. The van der Waals surface area contributed by atoms with Crippen molar-refractivity contribution in [3.8, 4) is 34.6 Å². The molecular weight excluding hydrogens is 524 g/mol. The van der Waals surface area contributed by atoms with Crippen LogP contribution in [0, 0.1) is 0 Å². The summed E-state index contributed by atoms with van der Waals surface area (Å²) in [5.74, 6) is 1.47. The van der Waals surface area contributed by atoms with Gasteiger partial charge in [-0.25, -0.2) is 32.7 Å². The number of benzene rings is 1. The Morgan fingerprint density at radius 2 is 1.69 bits per heavy atom. The first-order valence-corrected chi connectivity index (χ1v) is 14.2. The summed E-state index contributed by atoms with van der Waals surface area (Å²) >= 11 is 0. The van der Waals surface area contributed by atoms with Gasteiger partial charge < -0.3 is 19.3 Å². The number of methoxy groups -OCH3 is 2. The molecule has 206 valence electrons. The third-order valence-corrected chi connectivity index (χ3v) is 8.25. The number of nitrogens with zero attached hydrogens (tertiary/aromatic N) is 6. The molecule has 39 heavy (non-hydrogen) atoms. The van der Waals surface area contributed by atoms with Gasteiger partial charge in [0.15, 0.2) is 17.1 Å². The van der Waals surface area contributed by atoms with Crippen LogP contribution in [0.25, 0.3) is 28.5 Å². The van der Waals surface area contributed by atoms with Crippen LogP contribution >= 0.6 is 0 Å². The highest BCUT2D eigenvalue weighted by molar-refractivity contribution is 7.88. The lowest BCUT2D eigenvalue weighted by molar-refractivity contribution is 0.113. The molecule has 1 fully saturated rings. The summed E-state index contributed by atoms with van der Waals surface area (Å²) < 4.78 is 46.4. The van der Waals surface area contributed by atoms with Gasteiger partial charge in [-0.15, -0.1) is 0 Å². The Kier molecular flexibility index (Phi) is 7.64. The molecule has 3 aromatic heterocycles. The highest BCUT2D eigenvalue weighted by atomic mass is 32.2. The van der Waals surface area contributed by atoms with Crippen molar-refractivity contribution in [2.75, 3.05) is 33.9 Å². The number of rotatable bonds is 9. The number of sulfonamides is 1. The molecule has 0 radical (unpaired) electrons. The summed E-state index contributed by atoms with van der Waals surface area (Å²) in [4.78, 5) is 18.5. The summed E-state index contributed by atoms with van der Waals surface area (Å²) in [7, 11) is -0.585. The topological polar surface area (TPSA) is 142 Å². The lowest BCUT2D eigenvalue weighted by Crippen LogP contribution is -2.40. The van der Waals surface area contributed by atoms with Crippen LogP contribution in [0.2, 0.25) is 0 Å². The molecule has 1 aliphatic rings. The minimum absolute atomic E-state index is 0.256. The number of fused-ring (bicyclic) bond motifs is 1. The van der Waals surface area contributed by atoms with E-state index in [1.165, 1.54) is 10.5 Å². The fraction of sp³-hybridized carbons (Fsp3) is 0.385. The summed E-state index contributed by atoms with van der Waals surface area (Å²) in [6, 6.07) is 10.7. The quantitative estimate of drug-likeness (QED) is 0.328. The molecule has 0 saturated carbocycles. The molecule has 0 unspecified atom stereocenters. The van der Waals surface area contributed by atoms with Gasteiger partial charge in [-0.1, -0.05) is 12.1 Å². The van der Waals surface area contributed by atoms with E-state index in [1.54, 1.807) is 49.1 Å². The van der Waals surface area contributed by atoms with Gasteiger partial charge in [-0.3, -0.25) is 4.57 Å². The Hall–Kier alpha value is -3.81. The second-order valence-electron chi connectivity index (χ2n) is 8.97. The maximum absolute atomic E-state index is 13.2. The lowest BCUT2D eigenvalue weighted by atomic mass is 10.1. The lowest BCUT2D eigenvalue weighted by Gasteiger charge is -2.28. The van der Waals surface area contributed by atoms with E-state index in [2.05, 4.69) is 9.97 Å². The van der Waals surface area contributed by atoms with Crippen LogP contribution in [0.3, 0.4) is 0 Å².